The average Bonchev–Trinajstić information content (AvgIpc) is 3.20. The van der Waals surface area contributed by atoms with Crippen molar-refractivity contribution in [2.24, 2.45) is 0 Å². The third kappa shape index (κ3) is 3.84. The van der Waals surface area contributed by atoms with E-state index in [1.807, 2.05) is 4.90 Å². The summed E-state index contributed by atoms with van der Waals surface area (Å²) in [6.45, 7) is 7.20. The number of phenols is 2. The van der Waals surface area contributed by atoms with E-state index in [-0.39, 0.29) is 45.6 Å². The molecule has 1 aliphatic carbocycles. The number of fused-ring (bicyclic) bond motifs is 3. The molecule has 3 aliphatic rings. The van der Waals surface area contributed by atoms with E-state index in [0.29, 0.717) is 43.0 Å². The molecule has 0 radical (unpaired) electrons. The van der Waals surface area contributed by atoms with Gasteiger partial charge in [-0.2, -0.15) is 5.26 Å². The molecule has 1 atom stereocenters. The van der Waals surface area contributed by atoms with Crippen LogP contribution in [0.5, 0.6) is 17.2 Å². The Morgan fingerprint density at radius 3 is 2.56 bits per heavy atom. The number of benzene rings is 1. The molecule has 2 aliphatic heterocycles. The third-order valence-corrected chi connectivity index (χ3v) is 7.88. The molecule has 0 spiro atoms. The first kappa shape index (κ1) is 26.0. The number of nitrogens with one attached hydrogen (secondary N) is 1. The molecule has 200 valence electrons. The highest BCUT2D eigenvalue weighted by Gasteiger charge is 2.56. The van der Waals surface area contributed by atoms with E-state index in [4.69, 9.17) is 4.74 Å². The minimum Gasteiger partial charge on any atom is -0.507 e. The molecule has 39 heavy (non-hydrogen) atoms. The van der Waals surface area contributed by atoms with Gasteiger partial charge in [0.15, 0.2) is 17.3 Å². The molecule has 5 rings (SSSR count). The number of piperidine rings is 1. The number of pyridine rings is 1. The van der Waals surface area contributed by atoms with Crippen LogP contribution in [0.15, 0.2) is 41.4 Å². The van der Waals surface area contributed by atoms with Crippen molar-refractivity contribution in [3.05, 3.63) is 63.7 Å². The summed E-state index contributed by atoms with van der Waals surface area (Å²) in [5.74, 6) is -1.85. The lowest BCUT2D eigenvalue weighted by Gasteiger charge is -2.35. The van der Waals surface area contributed by atoms with Crippen molar-refractivity contribution in [1.29, 1.82) is 5.26 Å². The van der Waals surface area contributed by atoms with E-state index >= 15 is 0 Å². The summed E-state index contributed by atoms with van der Waals surface area (Å²) in [5.41, 5.74) is -0.711. The maximum atomic E-state index is 14.0. The lowest BCUT2D eigenvalue weighted by Crippen LogP contribution is -2.45. The second-order valence-corrected chi connectivity index (χ2v) is 10.3. The molecule has 0 amide bonds. The minimum absolute atomic E-state index is 0.00353. The fourth-order valence-electron chi connectivity index (χ4n) is 5.71. The SMILES string of the molecule is CC(=O)c1c(O)c(C)c(O)c2c1OC1=CC(=O)/C(=C(/C)NC3CCN(c4ncccc4C#N)CC3)C(=O)[C@]12C. The Bertz CT molecular complexity index is 1560. The zero-order valence-electron chi connectivity index (χ0n) is 22.1. The molecule has 10 heteroatoms. The summed E-state index contributed by atoms with van der Waals surface area (Å²) in [5, 5.41) is 34.2. The number of nitriles is 1. The average molecular weight is 529 g/mol. The zero-order chi connectivity index (χ0) is 28.2. The minimum atomic E-state index is -1.55. The second-order valence-electron chi connectivity index (χ2n) is 10.3. The number of carbonyl (C=O) groups is 3. The molecule has 10 nitrogen and oxygen atoms in total. The fourth-order valence-corrected chi connectivity index (χ4v) is 5.71. The molecule has 3 heterocycles. The number of ketones is 3. The molecule has 1 saturated heterocycles. The van der Waals surface area contributed by atoms with Gasteiger partial charge in [-0.3, -0.25) is 14.4 Å². The van der Waals surface area contributed by atoms with Gasteiger partial charge in [-0.15, -0.1) is 0 Å². The molecule has 1 aromatic heterocycles. The number of aromatic hydroxyl groups is 2. The highest BCUT2D eigenvalue weighted by atomic mass is 16.5. The van der Waals surface area contributed by atoms with E-state index in [2.05, 4.69) is 16.4 Å². The highest BCUT2D eigenvalue weighted by molar-refractivity contribution is 6.31. The maximum absolute atomic E-state index is 14.0. The first-order valence-electron chi connectivity index (χ1n) is 12.7. The molecular formula is C29H28N4O6. The smallest absolute Gasteiger partial charge is 0.194 e. The van der Waals surface area contributed by atoms with Gasteiger partial charge in [0, 0.05) is 42.7 Å². The summed E-state index contributed by atoms with van der Waals surface area (Å²) in [6, 6.07) is 5.60. The van der Waals surface area contributed by atoms with Crippen LogP contribution in [0.4, 0.5) is 5.82 Å². The topological polar surface area (TPSA) is 153 Å². The van der Waals surface area contributed by atoms with Crippen molar-refractivity contribution in [2.45, 2.75) is 52.0 Å². The molecule has 3 N–H and O–H groups in total. The highest BCUT2D eigenvalue weighted by Crippen LogP contribution is 2.57. The number of nitrogens with zero attached hydrogens (tertiary/aromatic N) is 3. The summed E-state index contributed by atoms with van der Waals surface area (Å²) in [6.07, 6.45) is 4.26. The van der Waals surface area contributed by atoms with Crippen molar-refractivity contribution in [2.75, 3.05) is 18.0 Å². The van der Waals surface area contributed by atoms with Crippen molar-refractivity contribution in [3.8, 4) is 23.3 Å². The van der Waals surface area contributed by atoms with E-state index in [9.17, 15) is 29.9 Å². The lowest BCUT2D eigenvalue weighted by molar-refractivity contribution is -0.123. The van der Waals surface area contributed by atoms with Crippen LogP contribution in [-0.4, -0.2) is 51.7 Å². The van der Waals surface area contributed by atoms with Crippen LogP contribution in [0.2, 0.25) is 0 Å². The standard InChI is InChI=1S/C29H28N4O6/c1-14-24(36)22(16(3)34)26-23(25(14)37)29(4)20(39-26)12-19(35)21(27(29)38)15(2)32-18-7-10-33(11-8-18)28-17(13-30)6-5-9-31-28/h5-6,9,12,18,32,36-37H,7-8,10-11H2,1-4H3/b21-15+/t29-/m1/s1. The van der Waals surface area contributed by atoms with Gasteiger partial charge in [0.2, 0.25) is 0 Å². The molecule has 0 bridgehead atoms. The number of hydrogen-bond donors (Lipinski definition) is 3. The first-order chi connectivity index (χ1) is 18.5. The first-order valence-corrected chi connectivity index (χ1v) is 12.7. The van der Waals surface area contributed by atoms with Crippen LogP contribution in [0.1, 0.15) is 60.7 Å². The second kappa shape index (κ2) is 9.27. The van der Waals surface area contributed by atoms with Gasteiger partial charge >= 0.3 is 0 Å². The maximum Gasteiger partial charge on any atom is 0.194 e. The Hall–Kier alpha value is -4.65. The molecule has 1 fully saturated rings. The van der Waals surface area contributed by atoms with Gasteiger partial charge in [0.05, 0.1) is 16.7 Å². The Morgan fingerprint density at radius 1 is 1.23 bits per heavy atom. The Labute approximate surface area is 225 Å². The van der Waals surface area contributed by atoms with Crippen LogP contribution < -0.4 is 15.0 Å². The van der Waals surface area contributed by atoms with Crippen LogP contribution in [0.3, 0.4) is 0 Å². The summed E-state index contributed by atoms with van der Waals surface area (Å²) < 4.78 is 5.82. The Kier molecular flexibility index (Phi) is 6.18. The number of hydrogen-bond acceptors (Lipinski definition) is 10. The number of anilines is 1. The lowest BCUT2D eigenvalue weighted by atomic mass is 9.70. The third-order valence-electron chi connectivity index (χ3n) is 7.88. The monoisotopic (exact) mass is 528 g/mol. The van der Waals surface area contributed by atoms with Gasteiger partial charge in [0.25, 0.3) is 0 Å². The number of phenolic OH excluding ortho intramolecular Hbond substituents is 2. The predicted octanol–water partition coefficient (Wildman–Crippen LogP) is 3.09. The fraction of sp³-hybridized carbons (Fsp3) is 0.345. The van der Waals surface area contributed by atoms with Crippen molar-refractivity contribution in [1.82, 2.24) is 10.3 Å². The Morgan fingerprint density at radius 2 is 1.92 bits per heavy atom. The number of aromatic nitrogens is 1. The van der Waals surface area contributed by atoms with Crippen LogP contribution in [0, 0.1) is 18.3 Å². The summed E-state index contributed by atoms with van der Waals surface area (Å²) in [4.78, 5) is 45.9. The number of rotatable bonds is 4. The van der Waals surface area contributed by atoms with Crippen molar-refractivity contribution >= 4 is 23.2 Å². The predicted molar refractivity (Wildman–Crippen MR) is 141 cm³/mol. The molecule has 0 unspecified atom stereocenters. The Balaban J connectivity index is 1.45. The van der Waals surface area contributed by atoms with Crippen LogP contribution in [0.25, 0.3) is 0 Å². The quantitative estimate of drug-likeness (QED) is 0.306. The molecule has 1 aromatic carbocycles. The van der Waals surface area contributed by atoms with Gasteiger partial charge in [-0.1, -0.05) is 0 Å². The van der Waals surface area contributed by atoms with Gasteiger partial charge in [0.1, 0.15) is 45.9 Å². The van der Waals surface area contributed by atoms with Crippen molar-refractivity contribution < 1.29 is 29.3 Å². The van der Waals surface area contributed by atoms with E-state index in [1.165, 1.54) is 19.9 Å². The number of Topliss-reactive ketones (excluding diaryl/α,β-unsaturated/α-hetero) is 2. The number of ether oxygens (including phenoxy) is 1. The summed E-state index contributed by atoms with van der Waals surface area (Å²) >= 11 is 0. The number of carbonyl (C=O) groups excluding carboxylic acids is 3. The van der Waals surface area contributed by atoms with E-state index in [1.54, 1.807) is 32.2 Å². The van der Waals surface area contributed by atoms with Crippen molar-refractivity contribution in [3.63, 3.8) is 0 Å². The van der Waals surface area contributed by atoms with E-state index in [0.717, 1.165) is 0 Å². The molecule has 0 saturated carbocycles. The van der Waals surface area contributed by atoms with Gasteiger partial charge in [-0.05, 0) is 52.7 Å². The summed E-state index contributed by atoms with van der Waals surface area (Å²) in [7, 11) is 0. The zero-order valence-corrected chi connectivity index (χ0v) is 22.1. The van der Waals surface area contributed by atoms with Crippen LogP contribution in [-0.2, 0) is 15.0 Å². The van der Waals surface area contributed by atoms with Gasteiger partial charge < -0.3 is 25.2 Å². The molecular weight excluding hydrogens is 500 g/mol. The number of allylic oxidation sites excluding steroid dienone is 4. The van der Waals surface area contributed by atoms with Gasteiger partial charge in [-0.25, -0.2) is 4.98 Å². The van der Waals surface area contributed by atoms with E-state index < -0.39 is 28.5 Å². The largest absolute Gasteiger partial charge is 0.507 e. The molecule has 2 aromatic rings. The normalized spacial score (nSPS) is 21.9. The van der Waals surface area contributed by atoms with Crippen LogP contribution >= 0.6 is 0 Å².